The SMILES string of the molecule is [2H]c1c([2H])c([2H])c(-c2c3c([2H])c([2H])c([2H])c([2H])c3c(-c3ccc4cc(-c5ccc6c(c5)oc5c(-c7cccc8ccccc78)cccc56)ccc4c3)c3c([2H])c([2H])c([2H])c([2H])c23)c([2H])c1[2H]. The van der Waals surface area contributed by atoms with Crippen molar-refractivity contribution in [2.45, 2.75) is 0 Å². The Kier molecular flexibility index (Phi) is 4.36. The summed E-state index contributed by atoms with van der Waals surface area (Å²) < 4.78 is 122. The van der Waals surface area contributed by atoms with Gasteiger partial charge < -0.3 is 4.42 Å². The van der Waals surface area contributed by atoms with E-state index in [0.29, 0.717) is 5.56 Å². The molecule has 0 aliphatic rings. The van der Waals surface area contributed by atoms with E-state index in [1.165, 1.54) is 0 Å². The molecule has 1 aromatic heterocycles. The molecular weight excluding hydrogens is 641 g/mol. The number of fused-ring (bicyclic) bond motifs is 7. The van der Waals surface area contributed by atoms with Crippen molar-refractivity contribution in [3.8, 4) is 44.5 Å². The molecule has 0 bridgehead atoms. The second-order valence-corrected chi connectivity index (χ2v) is 13.0. The number of rotatable bonds is 4. The number of benzene rings is 10. The first kappa shape index (κ1) is 19.6. The van der Waals surface area contributed by atoms with E-state index in [-0.39, 0.29) is 32.7 Å². The molecule has 10 aromatic carbocycles. The van der Waals surface area contributed by atoms with E-state index in [1.807, 2.05) is 54.6 Å². The summed E-state index contributed by atoms with van der Waals surface area (Å²) in [5.41, 5.74) is 5.11. The van der Waals surface area contributed by atoms with Gasteiger partial charge >= 0.3 is 0 Å². The molecule has 0 spiro atoms. The molecule has 53 heavy (non-hydrogen) atoms. The van der Waals surface area contributed by atoms with Gasteiger partial charge in [-0.25, -0.2) is 0 Å². The fourth-order valence-corrected chi connectivity index (χ4v) is 7.77. The van der Waals surface area contributed by atoms with Gasteiger partial charge in [0.05, 0.1) is 17.8 Å². The monoisotopic (exact) mass is 685 g/mol. The van der Waals surface area contributed by atoms with Crippen LogP contribution in [0.4, 0.5) is 0 Å². The molecule has 246 valence electrons. The summed E-state index contributed by atoms with van der Waals surface area (Å²) in [5, 5.41) is 5.05. The summed E-state index contributed by atoms with van der Waals surface area (Å²) >= 11 is 0. The molecule has 0 atom stereocenters. The molecule has 0 unspecified atom stereocenters. The number of hydrogen-bond acceptors (Lipinski definition) is 1. The second-order valence-electron chi connectivity index (χ2n) is 13.0. The van der Waals surface area contributed by atoms with Crippen LogP contribution in [0.3, 0.4) is 0 Å². The van der Waals surface area contributed by atoms with Gasteiger partial charge in [0.25, 0.3) is 0 Å². The highest BCUT2D eigenvalue weighted by Gasteiger charge is 2.18. The Bertz CT molecular complexity index is 3870. The molecular formula is C52H32O. The van der Waals surface area contributed by atoms with Gasteiger partial charge in [-0.15, -0.1) is 0 Å². The summed E-state index contributed by atoms with van der Waals surface area (Å²) in [7, 11) is 0. The number of para-hydroxylation sites is 1. The van der Waals surface area contributed by atoms with E-state index in [2.05, 4.69) is 48.5 Å². The minimum atomic E-state index is -0.713. The van der Waals surface area contributed by atoms with Gasteiger partial charge in [-0.1, -0.05) is 170 Å². The zero-order valence-electron chi connectivity index (χ0n) is 40.9. The lowest BCUT2D eigenvalue weighted by molar-refractivity contribution is 0.670. The molecule has 0 aliphatic carbocycles. The van der Waals surface area contributed by atoms with Crippen LogP contribution < -0.4 is 0 Å². The molecule has 0 radical (unpaired) electrons. The third-order valence-electron chi connectivity index (χ3n) is 10.2. The molecule has 11 aromatic rings. The lowest BCUT2D eigenvalue weighted by Gasteiger charge is -2.18. The fraction of sp³-hybridized carbons (Fsp3) is 0. The third-order valence-corrected chi connectivity index (χ3v) is 10.2. The largest absolute Gasteiger partial charge is 0.455 e. The summed E-state index contributed by atoms with van der Waals surface area (Å²) in [4.78, 5) is 0. The van der Waals surface area contributed by atoms with Crippen molar-refractivity contribution in [3.05, 3.63) is 194 Å². The molecule has 0 saturated carbocycles. The fourth-order valence-electron chi connectivity index (χ4n) is 7.77. The van der Waals surface area contributed by atoms with Crippen LogP contribution in [0, 0.1) is 0 Å². The van der Waals surface area contributed by atoms with Crippen LogP contribution in [0.1, 0.15) is 17.8 Å². The molecule has 1 heterocycles. The smallest absolute Gasteiger partial charge is 0.143 e. The number of hydrogen-bond donors (Lipinski definition) is 0. The van der Waals surface area contributed by atoms with Gasteiger partial charge in [0, 0.05) is 16.3 Å². The van der Waals surface area contributed by atoms with Crippen molar-refractivity contribution in [1.82, 2.24) is 0 Å². The average Bonchev–Trinajstić information content (AvgIpc) is 3.72. The Morgan fingerprint density at radius 2 is 0.887 bits per heavy atom. The molecule has 11 rings (SSSR count). The highest BCUT2D eigenvalue weighted by molar-refractivity contribution is 6.22. The first-order valence-electron chi connectivity index (χ1n) is 23.7. The van der Waals surface area contributed by atoms with Gasteiger partial charge in [-0.2, -0.15) is 0 Å². The first-order chi connectivity index (χ1) is 31.7. The molecule has 0 N–H and O–H groups in total. The van der Waals surface area contributed by atoms with Crippen molar-refractivity contribution in [3.63, 3.8) is 0 Å². The molecule has 0 aliphatic heterocycles. The quantitative estimate of drug-likeness (QED) is 0.168. The third kappa shape index (κ3) is 4.71. The highest BCUT2D eigenvalue weighted by Crippen LogP contribution is 2.45. The maximum Gasteiger partial charge on any atom is 0.143 e. The van der Waals surface area contributed by atoms with Crippen LogP contribution in [-0.4, -0.2) is 0 Å². The van der Waals surface area contributed by atoms with Crippen LogP contribution >= 0.6 is 0 Å². The van der Waals surface area contributed by atoms with E-state index in [4.69, 9.17) is 16.8 Å². The maximum absolute atomic E-state index is 9.27. The molecule has 0 saturated heterocycles. The van der Waals surface area contributed by atoms with Crippen LogP contribution in [-0.2, 0) is 0 Å². The first-order valence-corrected chi connectivity index (χ1v) is 17.2. The summed E-state index contributed by atoms with van der Waals surface area (Å²) in [6, 6.07) is 29.8. The Morgan fingerprint density at radius 1 is 0.340 bits per heavy atom. The Hall–Kier alpha value is -6.96. The lowest BCUT2D eigenvalue weighted by atomic mass is 9.85. The predicted octanol–water partition coefficient (Wildman–Crippen LogP) is 14.9. The van der Waals surface area contributed by atoms with E-state index in [0.717, 1.165) is 65.7 Å². The second kappa shape index (κ2) is 11.8. The Balaban J connectivity index is 1.12. The lowest BCUT2D eigenvalue weighted by Crippen LogP contribution is -1.90. The summed E-state index contributed by atoms with van der Waals surface area (Å²) in [6.07, 6.45) is 0. The van der Waals surface area contributed by atoms with Crippen molar-refractivity contribution in [1.29, 1.82) is 0 Å². The van der Waals surface area contributed by atoms with Crippen LogP contribution in [0.25, 0.3) is 110 Å². The maximum atomic E-state index is 9.27. The number of furan rings is 1. The summed E-state index contributed by atoms with van der Waals surface area (Å²) in [5.74, 6) is 0. The van der Waals surface area contributed by atoms with Crippen LogP contribution in [0.5, 0.6) is 0 Å². The van der Waals surface area contributed by atoms with E-state index < -0.39 is 84.1 Å². The Labute approximate surface area is 325 Å². The minimum absolute atomic E-state index is 0.0827. The minimum Gasteiger partial charge on any atom is -0.455 e. The average molecular weight is 686 g/mol. The van der Waals surface area contributed by atoms with Crippen molar-refractivity contribution < 1.29 is 22.2 Å². The van der Waals surface area contributed by atoms with Gasteiger partial charge in [-0.3, -0.25) is 0 Å². The Morgan fingerprint density at radius 3 is 1.64 bits per heavy atom. The van der Waals surface area contributed by atoms with E-state index in [9.17, 15) is 5.48 Å². The standard InChI is InChI=1S/C52H32O/c1-2-13-34(14-3-1)50-43-17-6-8-19-45(43)51(46-20-9-7-18-44(46)50)39-27-26-35-30-36(24-25-37(35)31-39)38-28-29-42-48-23-11-22-47(52(48)53-49(42)32-38)41-21-10-15-33-12-4-5-16-40(33)41/h1-32H/i1D,2D,3D,6D,7D,8D,9D,13D,14D,17D,18D,19D,20D. The molecule has 1 heteroatoms. The van der Waals surface area contributed by atoms with Gasteiger partial charge in [0.15, 0.2) is 0 Å². The van der Waals surface area contributed by atoms with Crippen LogP contribution in [0.15, 0.2) is 198 Å². The van der Waals surface area contributed by atoms with Crippen LogP contribution in [0.2, 0.25) is 0 Å². The summed E-state index contributed by atoms with van der Waals surface area (Å²) in [6.45, 7) is 0. The van der Waals surface area contributed by atoms with E-state index in [1.54, 1.807) is 12.1 Å². The predicted molar refractivity (Wildman–Crippen MR) is 225 cm³/mol. The van der Waals surface area contributed by atoms with Crippen molar-refractivity contribution >= 4 is 65.0 Å². The normalized spacial score (nSPS) is 15.2. The molecule has 0 amide bonds. The zero-order chi connectivity index (χ0) is 46.2. The zero-order valence-corrected chi connectivity index (χ0v) is 27.9. The van der Waals surface area contributed by atoms with E-state index >= 15 is 0 Å². The van der Waals surface area contributed by atoms with Gasteiger partial charge in [0.1, 0.15) is 11.2 Å². The molecule has 0 fully saturated rings. The van der Waals surface area contributed by atoms with Gasteiger partial charge in [0.2, 0.25) is 0 Å². The highest BCUT2D eigenvalue weighted by atomic mass is 16.3. The van der Waals surface area contributed by atoms with Crippen molar-refractivity contribution in [2.75, 3.05) is 0 Å². The topological polar surface area (TPSA) is 13.1 Å². The van der Waals surface area contributed by atoms with Crippen molar-refractivity contribution in [2.24, 2.45) is 0 Å². The molecule has 1 nitrogen and oxygen atoms in total. The van der Waals surface area contributed by atoms with Gasteiger partial charge in [-0.05, 0) is 106 Å².